The fourth-order valence-corrected chi connectivity index (χ4v) is 6.70. The molecule has 9 nitrogen and oxygen atoms in total. The molecule has 208 valence electrons. The lowest BCUT2D eigenvalue weighted by Gasteiger charge is -2.40. The van der Waals surface area contributed by atoms with Crippen molar-refractivity contribution in [2.24, 2.45) is 0 Å². The number of aliphatic hydroxyl groups is 3. The Kier molecular flexibility index (Phi) is 8.93. The van der Waals surface area contributed by atoms with Gasteiger partial charge < -0.3 is 29.9 Å². The predicted molar refractivity (Wildman–Crippen MR) is 131 cm³/mol. The minimum atomic E-state index is -4.56. The first-order valence-electron chi connectivity index (χ1n) is 12.0. The Bertz CT molecular complexity index is 1260. The summed E-state index contributed by atoms with van der Waals surface area (Å²) in [6.07, 6.45) is -5.24. The molecule has 0 radical (unpaired) electrons. The van der Waals surface area contributed by atoms with E-state index >= 15 is 0 Å². The molecule has 2 aromatic rings. The lowest BCUT2D eigenvalue weighted by atomic mass is 9.88. The number of H-pyrrole nitrogens is 1. The van der Waals surface area contributed by atoms with Crippen LogP contribution in [-0.4, -0.2) is 59.4 Å². The molecular formula is C23H32F3N2O7PS. The molecule has 0 amide bonds. The quantitative estimate of drug-likeness (QED) is 0.159. The third kappa shape index (κ3) is 5.38. The molecule has 2 aromatic heterocycles. The average molecular weight is 569 g/mol. The van der Waals surface area contributed by atoms with Crippen LogP contribution in [0.25, 0.3) is 11.0 Å². The van der Waals surface area contributed by atoms with Crippen molar-refractivity contribution in [2.75, 3.05) is 0 Å². The monoisotopic (exact) mass is 568 g/mol. The Morgan fingerprint density at radius 2 is 1.70 bits per heavy atom. The maximum absolute atomic E-state index is 14.4. The Morgan fingerprint density at radius 1 is 1.11 bits per heavy atom. The minimum absolute atomic E-state index is 0.00180. The zero-order chi connectivity index (χ0) is 27.9. The smallest absolute Gasteiger partial charge is 0.359 e. The number of rotatable bonds is 10. The lowest BCUT2D eigenvalue weighted by molar-refractivity contribution is -0.0630. The molecule has 0 bridgehead atoms. The average Bonchev–Trinajstić information content (AvgIpc) is 3.13. The summed E-state index contributed by atoms with van der Waals surface area (Å²) in [7, 11) is -4.56. The third-order valence-corrected chi connectivity index (χ3v) is 10.0. The van der Waals surface area contributed by atoms with Gasteiger partial charge in [-0.1, -0.05) is 39.9 Å². The van der Waals surface area contributed by atoms with E-state index < -0.39 is 65.9 Å². The van der Waals surface area contributed by atoms with Crippen LogP contribution in [0.1, 0.15) is 71.5 Å². The zero-order valence-corrected chi connectivity index (χ0v) is 22.6. The molecule has 5 N–H and O–H groups in total. The Hall–Kier alpha value is -1.44. The SMILES string of the molecule is CCC(CC)(CC1OC(c2cc3c(F)c(F)c(F)nc3[nH]c2=S)C(O)C1O)OP(=O)(O)C(O)(CC)CC. The van der Waals surface area contributed by atoms with E-state index in [1.54, 1.807) is 27.7 Å². The molecule has 0 aromatic carbocycles. The van der Waals surface area contributed by atoms with Crippen molar-refractivity contribution in [2.45, 2.75) is 95.2 Å². The summed E-state index contributed by atoms with van der Waals surface area (Å²) in [5, 5.41) is 29.8. The third-order valence-electron chi connectivity index (χ3n) is 7.38. The number of aliphatic hydroxyl groups excluding tert-OH is 2. The van der Waals surface area contributed by atoms with Gasteiger partial charge in [-0.05, 0) is 31.7 Å². The van der Waals surface area contributed by atoms with Crippen molar-refractivity contribution in [3.63, 3.8) is 0 Å². The van der Waals surface area contributed by atoms with E-state index in [2.05, 4.69) is 9.97 Å². The number of nitrogens with one attached hydrogen (secondary N) is 1. The first-order chi connectivity index (χ1) is 17.2. The highest BCUT2D eigenvalue weighted by Crippen LogP contribution is 2.61. The molecule has 3 heterocycles. The van der Waals surface area contributed by atoms with Crippen molar-refractivity contribution in [3.05, 3.63) is 33.9 Å². The maximum Gasteiger partial charge on any atom is 0.359 e. The van der Waals surface area contributed by atoms with Crippen LogP contribution in [0.2, 0.25) is 0 Å². The van der Waals surface area contributed by atoms with Gasteiger partial charge in [0.05, 0.1) is 17.1 Å². The summed E-state index contributed by atoms with van der Waals surface area (Å²) in [5.41, 5.74) is -1.66. The molecule has 5 atom stereocenters. The highest BCUT2D eigenvalue weighted by atomic mass is 32.1. The summed E-state index contributed by atoms with van der Waals surface area (Å²) in [4.78, 5) is 16.5. The van der Waals surface area contributed by atoms with E-state index in [9.17, 15) is 37.9 Å². The fourth-order valence-electron chi connectivity index (χ4n) is 4.60. The van der Waals surface area contributed by atoms with Crippen LogP contribution in [0, 0.1) is 22.2 Å². The van der Waals surface area contributed by atoms with Gasteiger partial charge >= 0.3 is 7.60 Å². The minimum Gasteiger partial charge on any atom is -0.388 e. The van der Waals surface area contributed by atoms with Crippen LogP contribution in [0.5, 0.6) is 0 Å². The van der Waals surface area contributed by atoms with Gasteiger partial charge in [-0.25, -0.2) is 4.39 Å². The van der Waals surface area contributed by atoms with Crippen LogP contribution in [0.4, 0.5) is 13.2 Å². The summed E-state index contributed by atoms with van der Waals surface area (Å²) in [6, 6.07) is 1.07. The molecule has 0 spiro atoms. The number of hydrogen-bond donors (Lipinski definition) is 5. The fraction of sp³-hybridized carbons (Fsp3) is 0.652. The maximum atomic E-state index is 14.4. The van der Waals surface area contributed by atoms with Crippen molar-refractivity contribution < 1.29 is 47.2 Å². The number of nitrogens with zero attached hydrogens (tertiary/aromatic N) is 1. The van der Waals surface area contributed by atoms with Gasteiger partial charge in [0.15, 0.2) is 11.2 Å². The van der Waals surface area contributed by atoms with Gasteiger partial charge in [-0.2, -0.15) is 13.8 Å². The largest absolute Gasteiger partial charge is 0.388 e. The van der Waals surface area contributed by atoms with E-state index in [0.717, 1.165) is 6.07 Å². The number of ether oxygens (including phenoxy) is 1. The molecule has 0 aliphatic carbocycles. The van der Waals surface area contributed by atoms with E-state index in [1.165, 1.54) is 0 Å². The molecule has 0 saturated carbocycles. The van der Waals surface area contributed by atoms with Crippen LogP contribution >= 0.6 is 19.8 Å². The Morgan fingerprint density at radius 3 is 2.24 bits per heavy atom. The van der Waals surface area contributed by atoms with E-state index in [0.29, 0.717) is 0 Å². The van der Waals surface area contributed by atoms with Gasteiger partial charge in [-0.3, -0.25) is 9.09 Å². The van der Waals surface area contributed by atoms with Crippen LogP contribution in [0.3, 0.4) is 0 Å². The van der Waals surface area contributed by atoms with Gasteiger partial charge in [0.2, 0.25) is 5.82 Å². The standard InChI is InChI=1S/C23H32F3N2O7PS/c1-5-22(6-2,35-36(32,33)23(31,7-3)8-4)10-13-16(29)17(30)18(34-13)12-9-11-14(24)15(25)19(26)27-20(11)28-21(12)37/h9,13,16-18,29-31H,5-8,10H2,1-4H3,(H,32,33)(H,27,28,37). The van der Waals surface area contributed by atoms with Gasteiger partial charge in [0.25, 0.3) is 5.95 Å². The second-order valence-electron chi connectivity index (χ2n) is 9.32. The second-order valence-corrected chi connectivity index (χ2v) is 11.8. The molecule has 3 rings (SSSR count). The Labute approximate surface area is 217 Å². The van der Waals surface area contributed by atoms with Crippen molar-refractivity contribution >= 4 is 30.8 Å². The summed E-state index contributed by atoms with van der Waals surface area (Å²) < 4.78 is 66.3. The number of halogens is 3. The normalized spacial score (nSPS) is 24.5. The van der Waals surface area contributed by atoms with Crippen LogP contribution in [-0.2, 0) is 13.8 Å². The highest BCUT2D eigenvalue weighted by Gasteiger charge is 2.52. The van der Waals surface area contributed by atoms with Crippen molar-refractivity contribution in [3.8, 4) is 0 Å². The number of aromatic amines is 1. The summed E-state index contributed by atoms with van der Waals surface area (Å²) >= 11 is 5.23. The number of aromatic nitrogens is 2. The van der Waals surface area contributed by atoms with Crippen molar-refractivity contribution in [1.29, 1.82) is 0 Å². The lowest BCUT2D eigenvalue weighted by Crippen LogP contribution is -2.42. The molecule has 1 fully saturated rings. The van der Waals surface area contributed by atoms with Crippen molar-refractivity contribution in [1.82, 2.24) is 9.97 Å². The van der Waals surface area contributed by atoms with E-state index in [4.69, 9.17) is 21.5 Å². The molecule has 14 heteroatoms. The van der Waals surface area contributed by atoms with Crippen LogP contribution < -0.4 is 0 Å². The molecular weight excluding hydrogens is 536 g/mol. The molecule has 1 aliphatic heterocycles. The predicted octanol–water partition coefficient (Wildman–Crippen LogP) is 4.53. The topological polar surface area (TPSA) is 145 Å². The molecule has 1 aliphatic rings. The highest BCUT2D eigenvalue weighted by molar-refractivity contribution is 7.71. The number of hydrogen-bond acceptors (Lipinski definition) is 8. The molecule has 1 saturated heterocycles. The van der Waals surface area contributed by atoms with Crippen LogP contribution in [0.15, 0.2) is 6.07 Å². The number of pyridine rings is 2. The van der Waals surface area contributed by atoms with Gasteiger partial charge in [0, 0.05) is 12.0 Å². The number of fused-ring (bicyclic) bond motifs is 1. The second kappa shape index (κ2) is 11.0. The van der Waals surface area contributed by atoms with Gasteiger partial charge in [-0.15, -0.1) is 0 Å². The molecule has 37 heavy (non-hydrogen) atoms. The Balaban J connectivity index is 1.95. The first-order valence-corrected chi connectivity index (χ1v) is 14.0. The summed E-state index contributed by atoms with van der Waals surface area (Å²) in [6.45, 7) is 6.54. The van der Waals surface area contributed by atoms with E-state index in [1.807, 2.05) is 0 Å². The zero-order valence-electron chi connectivity index (χ0n) is 20.9. The van der Waals surface area contributed by atoms with E-state index in [-0.39, 0.29) is 48.0 Å². The molecule has 5 unspecified atom stereocenters. The van der Waals surface area contributed by atoms with Gasteiger partial charge in [0.1, 0.15) is 28.6 Å². The summed E-state index contributed by atoms with van der Waals surface area (Å²) in [5.74, 6) is -4.94. The first kappa shape index (κ1) is 30.1.